The van der Waals surface area contributed by atoms with Crippen LogP contribution in [0.1, 0.15) is 39.5 Å². The number of nitrogens with zero attached hydrogens (tertiary/aromatic N) is 2. The van der Waals surface area contributed by atoms with Gasteiger partial charge in [0.2, 0.25) is 0 Å². The predicted molar refractivity (Wildman–Crippen MR) is 116 cm³/mol. The van der Waals surface area contributed by atoms with Gasteiger partial charge in [0.1, 0.15) is 5.75 Å². The van der Waals surface area contributed by atoms with E-state index in [9.17, 15) is 13.2 Å². The first-order valence-corrected chi connectivity index (χ1v) is 12.7. The fourth-order valence-corrected chi connectivity index (χ4v) is 4.85. The standard InChI is InChI=1S/C22H34N2O5S/c1-17(2)29-22(25)24-14-12-23(13-15-24)19-6-4-18(5-7-19)16-28-20-8-10-21(11-9-20)30(3,26)27/h8-11,17-19H,4-7,12-16H2,1-3H3. The number of ether oxygens (including phenoxy) is 2. The zero-order valence-electron chi connectivity index (χ0n) is 18.2. The molecular formula is C22H34N2O5S. The number of carbonyl (C=O) groups is 1. The summed E-state index contributed by atoms with van der Waals surface area (Å²) < 4.78 is 34.3. The summed E-state index contributed by atoms with van der Waals surface area (Å²) in [5.41, 5.74) is 0. The first kappa shape index (κ1) is 22.9. The maximum absolute atomic E-state index is 12.0. The molecule has 0 radical (unpaired) electrons. The van der Waals surface area contributed by atoms with E-state index in [1.54, 1.807) is 24.3 Å². The van der Waals surface area contributed by atoms with Gasteiger partial charge in [-0.2, -0.15) is 0 Å². The maximum Gasteiger partial charge on any atom is 0.410 e. The summed E-state index contributed by atoms with van der Waals surface area (Å²) in [6.07, 6.45) is 5.48. The molecule has 168 valence electrons. The highest BCUT2D eigenvalue weighted by atomic mass is 32.2. The van der Waals surface area contributed by atoms with E-state index in [-0.39, 0.29) is 12.2 Å². The lowest BCUT2D eigenvalue weighted by molar-refractivity contribution is 0.0378. The molecule has 1 aromatic rings. The zero-order valence-corrected chi connectivity index (χ0v) is 19.1. The van der Waals surface area contributed by atoms with E-state index in [1.165, 1.54) is 6.26 Å². The summed E-state index contributed by atoms with van der Waals surface area (Å²) in [7, 11) is -3.17. The quantitative estimate of drug-likeness (QED) is 0.679. The van der Waals surface area contributed by atoms with Crippen molar-refractivity contribution in [1.82, 2.24) is 9.80 Å². The molecule has 1 aliphatic carbocycles. The third-order valence-electron chi connectivity index (χ3n) is 5.98. The summed E-state index contributed by atoms with van der Waals surface area (Å²) in [4.78, 5) is 16.7. The second-order valence-corrected chi connectivity index (χ2v) is 10.7. The summed E-state index contributed by atoms with van der Waals surface area (Å²) in [5.74, 6) is 1.24. The molecule has 0 aromatic heterocycles. The van der Waals surface area contributed by atoms with Crippen molar-refractivity contribution in [2.24, 2.45) is 5.92 Å². The Morgan fingerprint density at radius 3 is 2.17 bits per heavy atom. The molecule has 1 aliphatic heterocycles. The van der Waals surface area contributed by atoms with Crippen molar-refractivity contribution in [1.29, 1.82) is 0 Å². The minimum absolute atomic E-state index is 0.0781. The number of benzene rings is 1. The Labute approximate surface area is 180 Å². The summed E-state index contributed by atoms with van der Waals surface area (Å²) in [6.45, 7) is 7.70. The van der Waals surface area contributed by atoms with Crippen molar-refractivity contribution in [2.75, 3.05) is 39.0 Å². The van der Waals surface area contributed by atoms with Crippen LogP contribution in [0, 0.1) is 5.92 Å². The van der Waals surface area contributed by atoms with E-state index in [0.29, 0.717) is 29.2 Å². The van der Waals surface area contributed by atoms with Gasteiger partial charge in [-0.25, -0.2) is 13.2 Å². The van der Waals surface area contributed by atoms with Crippen LogP contribution >= 0.6 is 0 Å². The van der Waals surface area contributed by atoms with Gasteiger partial charge in [-0.3, -0.25) is 4.90 Å². The Hall–Kier alpha value is -1.80. The molecule has 8 heteroatoms. The molecule has 2 fully saturated rings. The lowest BCUT2D eigenvalue weighted by atomic mass is 9.85. The van der Waals surface area contributed by atoms with Crippen LogP contribution in [0.3, 0.4) is 0 Å². The van der Waals surface area contributed by atoms with Crippen LogP contribution < -0.4 is 4.74 Å². The number of amides is 1. The molecule has 0 atom stereocenters. The van der Waals surface area contributed by atoms with E-state index in [4.69, 9.17) is 9.47 Å². The Kier molecular flexibility index (Phi) is 7.63. The minimum atomic E-state index is -3.17. The third kappa shape index (κ3) is 6.35. The highest BCUT2D eigenvalue weighted by Gasteiger charge is 2.30. The number of hydrogen-bond donors (Lipinski definition) is 0. The highest BCUT2D eigenvalue weighted by Crippen LogP contribution is 2.29. The summed E-state index contributed by atoms with van der Waals surface area (Å²) in [5, 5.41) is 0. The van der Waals surface area contributed by atoms with Crippen LogP contribution in [-0.2, 0) is 14.6 Å². The average molecular weight is 439 g/mol. The molecular weight excluding hydrogens is 404 g/mol. The molecule has 2 aliphatic rings. The van der Waals surface area contributed by atoms with Gasteiger partial charge in [0.25, 0.3) is 0 Å². The molecule has 1 heterocycles. The van der Waals surface area contributed by atoms with Crippen molar-refractivity contribution < 1.29 is 22.7 Å². The zero-order chi connectivity index (χ0) is 21.7. The number of carbonyl (C=O) groups excluding carboxylic acids is 1. The van der Waals surface area contributed by atoms with Crippen molar-refractivity contribution in [3.05, 3.63) is 24.3 Å². The first-order chi connectivity index (χ1) is 14.2. The lowest BCUT2D eigenvalue weighted by Crippen LogP contribution is -2.53. The van der Waals surface area contributed by atoms with Gasteiger partial charge in [0.15, 0.2) is 9.84 Å². The Morgan fingerprint density at radius 1 is 1.03 bits per heavy atom. The van der Waals surface area contributed by atoms with Crippen molar-refractivity contribution in [3.63, 3.8) is 0 Å². The van der Waals surface area contributed by atoms with Gasteiger partial charge in [-0.15, -0.1) is 0 Å². The smallest absolute Gasteiger partial charge is 0.410 e. The summed E-state index contributed by atoms with van der Waals surface area (Å²) >= 11 is 0. The van der Waals surface area contributed by atoms with Crippen LogP contribution in [-0.4, -0.2) is 75.5 Å². The third-order valence-corrected chi connectivity index (χ3v) is 7.11. The number of piperazine rings is 1. The Balaban J connectivity index is 1.38. The molecule has 30 heavy (non-hydrogen) atoms. The Morgan fingerprint density at radius 2 is 1.63 bits per heavy atom. The topological polar surface area (TPSA) is 76.2 Å². The number of hydrogen-bond acceptors (Lipinski definition) is 6. The van der Waals surface area contributed by atoms with E-state index < -0.39 is 9.84 Å². The second kappa shape index (κ2) is 10.0. The Bertz CT molecular complexity index is 793. The average Bonchev–Trinajstić information content (AvgIpc) is 2.72. The number of sulfone groups is 1. The summed E-state index contributed by atoms with van der Waals surface area (Å²) in [6, 6.07) is 7.23. The van der Waals surface area contributed by atoms with Crippen molar-refractivity contribution in [2.45, 2.75) is 56.6 Å². The van der Waals surface area contributed by atoms with E-state index in [0.717, 1.165) is 51.9 Å². The van der Waals surface area contributed by atoms with Crippen molar-refractivity contribution in [3.8, 4) is 5.75 Å². The molecule has 3 rings (SSSR count). The van der Waals surface area contributed by atoms with Gasteiger partial charge in [0.05, 0.1) is 17.6 Å². The normalized spacial score (nSPS) is 23.4. The maximum atomic E-state index is 12.0. The van der Waals surface area contributed by atoms with Crippen LogP contribution in [0.5, 0.6) is 5.75 Å². The highest BCUT2D eigenvalue weighted by molar-refractivity contribution is 7.90. The predicted octanol–water partition coefficient (Wildman–Crippen LogP) is 3.19. The largest absolute Gasteiger partial charge is 0.493 e. The molecule has 1 saturated carbocycles. The van der Waals surface area contributed by atoms with Crippen molar-refractivity contribution >= 4 is 15.9 Å². The van der Waals surface area contributed by atoms with Crippen LogP contribution in [0.15, 0.2) is 29.2 Å². The van der Waals surface area contributed by atoms with Crippen LogP contribution in [0.4, 0.5) is 4.79 Å². The molecule has 0 spiro atoms. The molecule has 1 aromatic carbocycles. The van der Waals surface area contributed by atoms with Gasteiger partial charge >= 0.3 is 6.09 Å². The molecule has 1 saturated heterocycles. The fraction of sp³-hybridized carbons (Fsp3) is 0.682. The molecule has 0 unspecified atom stereocenters. The van der Waals surface area contributed by atoms with Gasteiger partial charge in [-0.05, 0) is 69.7 Å². The van der Waals surface area contributed by atoms with E-state index in [2.05, 4.69) is 4.90 Å². The minimum Gasteiger partial charge on any atom is -0.493 e. The SMILES string of the molecule is CC(C)OC(=O)N1CCN(C2CCC(COc3ccc(S(C)(=O)=O)cc3)CC2)CC1. The fourth-order valence-electron chi connectivity index (χ4n) is 4.22. The molecule has 7 nitrogen and oxygen atoms in total. The van der Waals surface area contributed by atoms with Gasteiger partial charge < -0.3 is 14.4 Å². The van der Waals surface area contributed by atoms with Gasteiger partial charge in [0, 0.05) is 38.5 Å². The van der Waals surface area contributed by atoms with Crippen LogP contribution in [0.2, 0.25) is 0 Å². The molecule has 0 bridgehead atoms. The lowest BCUT2D eigenvalue weighted by Gasteiger charge is -2.41. The molecule has 0 N–H and O–H groups in total. The van der Waals surface area contributed by atoms with Crippen LogP contribution in [0.25, 0.3) is 0 Å². The second-order valence-electron chi connectivity index (χ2n) is 8.68. The van der Waals surface area contributed by atoms with Gasteiger partial charge in [-0.1, -0.05) is 0 Å². The number of rotatable bonds is 6. The van der Waals surface area contributed by atoms with E-state index >= 15 is 0 Å². The van der Waals surface area contributed by atoms with E-state index in [1.807, 2.05) is 18.7 Å². The molecule has 1 amide bonds. The monoisotopic (exact) mass is 438 g/mol. The first-order valence-electron chi connectivity index (χ1n) is 10.8.